The summed E-state index contributed by atoms with van der Waals surface area (Å²) in [7, 11) is 0. The highest BCUT2D eigenvalue weighted by Gasteiger charge is 2.10. The van der Waals surface area contributed by atoms with Crippen LogP contribution in [0.5, 0.6) is 5.75 Å². The van der Waals surface area contributed by atoms with Gasteiger partial charge in [0.1, 0.15) is 5.75 Å². The van der Waals surface area contributed by atoms with Crippen LogP contribution in [-0.2, 0) is 0 Å². The Hall–Kier alpha value is -3.47. The molecule has 0 fully saturated rings. The second kappa shape index (κ2) is 8.27. The first-order chi connectivity index (χ1) is 13.0. The Morgan fingerprint density at radius 2 is 1.30 bits per heavy atom. The molecule has 5 heteroatoms. The van der Waals surface area contributed by atoms with Gasteiger partial charge in [0.05, 0.1) is 0 Å². The largest absolute Gasteiger partial charge is 0.428 e. The summed E-state index contributed by atoms with van der Waals surface area (Å²) < 4.78 is 41.8. The Labute approximate surface area is 155 Å². The summed E-state index contributed by atoms with van der Waals surface area (Å²) in [5, 5.41) is 0. The third kappa shape index (κ3) is 4.79. The molecule has 0 radical (unpaired) electrons. The fourth-order valence-electron chi connectivity index (χ4n) is 2.56. The predicted octanol–water partition coefficient (Wildman–Crippen LogP) is 6.27. The summed E-state index contributed by atoms with van der Waals surface area (Å²) in [5.74, 6) is -0.0135. The Balaban J connectivity index is 1.99. The minimum absolute atomic E-state index is 0.0135. The average molecular weight is 367 g/mol. The fraction of sp³-hybridized carbons (Fsp3) is 0. The van der Waals surface area contributed by atoms with Crippen LogP contribution in [0.2, 0.25) is 0 Å². The van der Waals surface area contributed by atoms with Gasteiger partial charge in [0.25, 0.3) is 0 Å². The van der Waals surface area contributed by atoms with Crippen molar-refractivity contribution in [3.63, 3.8) is 0 Å². The summed E-state index contributed by atoms with van der Waals surface area (Å²) in [5.41, 5.74) is 10.1. The van der Waals surface area contributed by atoms with Crippen LogP contribution in [-0.4, -0.2) is 0 Å². The number of nitrogens with two attached hydrogens (primary N) is 1. The minimum Gasteiger partial charge on any atom is -0.428 e. The van der Waals surface area contributed by atoms with E-state index in [0.717, 1.165) is 22.3 Å². The van der Waals surface area contributed by atoms with E-state index in [4.69, 9.17) is 5.73 Å². The first kappa shape index (κ1) is 18.3. The number of hydrogen-bond acceptors (Lipinski definition) is 2. The Bertz CT molecular complexity index is 959. The molecule has 0 spiro atoms. The first-order valence-electron chi connectivity index (χ1n) is 8.14. The molecule has 0 atom stereocenters. The van der Waals surface area contributed by atoms with Gasteiger partial charge in [-0.1, -0.05) is 54.6 Å². The van der Waals surface area contributed by atoms with Gasteiger partial charge in [0.15, 0.2) is 0 Å². The summed E-state index contributed by atoms with van der Waals surface area (Å²) in [6.45, 7) is 0. The zero-order valence-electron chi connectivity index (χ0n) is 14.2. The maximum absolute atomic E-state index is 12.9. The molecular formula is C22H16F3NO. The molecule has 0 saturated carbocycles. The van der Waals surface area contributed by atoms with E-state index in [-0.39, 0.29) is 5.75 Å². The standard InChI is InChI=1S/C22H16F3NO/c23-21(24)22(25)27-19-12-8-17(9-13-19)20(14-15-4-2-1-3-5-15)16-6-10-18(26)11-7-16/h1-14H,26H2. The molecule has 3 aromatic rings. The molecule has 0 heterocycles. The van der Waals surface area contributed by atoms with E-state index >= 15 is 0 Å². The molecule has 0 amide bonds. The van der Waals surface area contributed by atoms with E-state index in [1.165, 1.54) is 12.1 Å². The van der Waals surface area contributed by atoms with Gasteiger partial charge in [0, 0.05) is 5.69 Å². The molecule has 0 saturated heterocycles. The number of rotatable bonds is 5. The molecular weight excluding hydrogens is 351 g/mol. The second-order valence-electron chi connectivity index (χ2n) is 5.75. The van der Waals surface area contributed by atoms with Crippen LogP contribution in [0.3, 0.4) is 0 Å². The van der Waals surface area contributed by atoms with Crippen LogP contribution >= 0.6 is 0 Å². The van der Waals surface area contributed by atoms with E-state index in [9.17, 15) is 13.2 Å². The number of halogens is 3. The van der Waals surface area contributed by atoms with Crippen molar-refractivity contribution >= 4 is 17.3 Å². The molecule has 0 unspecified atom stereocenters. The van der Waals surface area contributed by atoms with E-state index in [2.05, 4.69) is 4.74 Å². The van der Waals surface area contributed by atoms with E-state index in [0.29, 0.717) is 5.69 Å². The average Bonchev–Trinajstić information content (AvgIpc) is 2.68. The molecule has 0 bridgehead atoms. The monoisotopic (exact) mass is 367 g/mol. The molecule has 0 aliphatic heterocycles. The zero-order chi connectivity index (χ0) is 19.2. The van der Waals surface area contributed by atoms with Gasteiger partial charge in [-0.2, -0.15) is 13.2 Å². The van der Waals surface area contributed by atoms with Crippen molar-refractivity contribution in [1.82, 2.24) is 0 Å². The van der Waals surface area contributed by atoms with Crippen LogP contribution in [0, 0.1) is 0 Å². The molecule has 3 rings (SSSR count). The van der Waals surface area contributed by atoms with Gasteiger partial charge < -0.3 is 10.5 Å². The number of anilines is 1. The molecule has 0 aromatic heterocycles. The Morgan fingerprint density at radius 3 is 1.85 bits per heavy atom. The molecule has 2 N–H and O–H groups in total. The Morgan fingerprint density at radius 1 is 0.741 bits per heavy atom. The van der Waals surface area contributed by atoms with Gasteiger partial charge >= 0.3 is 12.1 Å². The van der Waals surface area contributed by atoms with Gasteiger partial charge in [-0.05, 0) is 52.6 Å². The maximum atomic E-state index is 12.9. The van der Waals surface area contributed by atoms with Crippen molar-refractivity contribution in [3.8, 4) is 5.75 Å². The van der Waals surface area contributed by atoms with Gasteiger partial charge in [-0.3, -0.25) is 0 Å². The summed E-state index contributed by atoms with van der Waals surface area (Å²) in [6.07, 6.45) is -0.492. The maximum Gasteiger partial charge on any atom is 0.344 e. The van der Waals surface area contributed by atoms with E-state index in [1.807, 2.05) is 48.5 Å². The van der Waals surface area contributed by atoms with Gasteiger partial charge in [-0.25, -0.2) is 0 Å². The lowest BCUT2D eigenvalue weighted by atomic mass is 9.95. The van der Waals surface area contributed by atoms with Crippen molar-refractivity contribution < 1.29 is 17.9 Å². The molecule has 0 aliphatic rings. The highest BCUT2D eigenvalue weighted by molar-refractivity contribution is 5.91. The summed E-state index contributed by atoms with van der Waals surface area (Å²) in [4.78, 5) is 0. The number of ether oxygens (including phenoxy) is 1. The normalized spacial score (nSPS) is 11.1. The molecule has 3 aromatic carbocycles. The lowest BCUT2D eigenvalue weighted by Crippen LogP contribution is -1.93. The number of benzene rings is 3. The van der Waals surface area contributed by atoms with Crippen molar-refractivity contribution in [2.75, 3.05) is 5.73 Å². The highest BCUT2D eigenvalue weighted by Crippen LogP contribution is 2.29. The topological polar surface area (TPSA) is 35.2 Å². The SMILES string of the molecule is Nc1ccc(C(=Cc2ccccc2)c2ccc(OC(F)=C(F)F)cc2)cc1. The second-order valence-corrected chi connectivity index (χ2v) is 5.75. The molecule has 0 aliphatic carbocycles. The van der Waals surface area contributed by atoms with Crippen molar-refractivity contribution in [3.05, 3.63) is 108 Å². The lowest BCUT2D eigenvalue weighted by molar-refractivity contribution is 0.241. The molecule has 27 heavy (non-hydrogen) atoms. The van der Waals surface area contributed by atoms with Crippen molar-refractivity contribution in [2.45, 2.75) is 0 Å². The van der Waals surface area contributed by atoms with E-state index in [1.54, 1.807) is 24.3 Å². The van der Waals surface area contributed by atoms with Gasteiger partial charge in [0.2, 0.25) is 0 Å². The van der Waals surface area contributed by atoms with E-state index < -0.39 is 12.1 Å². The number of nitrogen functional groups attached to an aromatic ring is 1. The van der Waals surface area contributed by atoms with Crippen LogP contribution in [0.25, 0.3) is 11.6 Å². The predicted molar refractivity (Wildman–Crippen MR) is 102 cm³/mol. The minimum atomic E-state index is -2.49. The lowest BCUT2D eigenvalue weighted by Gasteiger charge is -2.11. The molecule has 136 valence electrons. The van der Waals surface area contributed by atoms with Crippen molar-refractivity contribution in [2.24, 2.45) is 0 Å². The smallest absolute Gasteiger partial charge is 0.344 e. The third-order valence-corrected chi connectivity index (χ3v) is 3.85. The summed E-state index contributed by atoms with van der Waals surface area (Å²) >= 11 is 0. The highest BCUT2D eigenvalue weighted by atomic mass is 19.3. The van der Waals surface area contributed by atoms with Crippen LogP contribution in [0.15, 0.2) is 91.0 Å². The summed E-state index contributed by atoms with van der Waals surface area (Å²) in [6, 6.07) is 21.5. The third-order valence-electron chi connectivity index (χ3n) is 3.85. The fourth-order valence-corrected chi connectivity index (χ4v) is 2.56. The van der Waals surface area contributed by atoms with Crippen LogP contribution in [0.4, 0.5) is 18.9 Å². The van der Waals surface area contributed by atoms with Crippen molar-refractivity contribution in [1.29, 1.82) is 0 Å². The van der Waals surface area contributed by atoms with Crippen LogP contribution in [0.1, 0.15) is 16.7 Å². The zero-order valence-corrected chi connectivity index (χ0v) is 14.2. The Kier molecular flexibility index (Phi) is 5.61. The first-order valence-corrected chi connectivity index (χ1v) is 8.14. The van der Waals surface area contributed by atoms with Gasteiger partial charge in [-0.15, -0.1) is 0 Å². The number of hydrogen-bond donors (Lipinski definition) is 1. The quantitative estimate of drug-likeness (QED) is 0.328. The van der Waals surface area contributed by atoms with Crippen LogP contribution < -0.4 is 10.5 Å². The molecule has 2 nitrogen and oxygen atoms in total.